The third kappa shape index (κ3) is 7.74. The molecule has 1 rings (SSSR count). The molecule has 0 unspecified atom stereocenters. The zero-order chi connectivity index (χ0) is 14.8. The van der Waals surface area contributed by atoms with Crippen molar-refractivity contribution in [2.75, 3.05) is 26.0 Å². The second-order valence-corrected chi connectivity index (χ2v) is 6.12. The van der Waals surface area contributed by atoms with E-state index in [1.54, 1.807) is 6.07 Å². The molecule has 0 bridgehead atoms. The van der Waals surface area contributed by atoms with E-state index in [1.165, 1.54) is 0 Å². The fraction of sp³-hybridized carbons (Fsp3) is 0.462. The van der Waals surface area contributed by atoms with Gasteiger partial charge in [-0.05, 0) is 30.7 Å². The molecule has 0 amide bonds. The van der Waals surface area contributed by atoms with Crippen molar-refractivity contribution in [3.8, 4) is 11.8 Å². The lowest BCUT2D eigenvalue weighted by molar-refractivity contribution is 0.367. The molecule has 6 nitrogen and oxygen atoms in total. The van der Waals surface area contributed by atoms with E-state index in [1.807, 2.05) is 24.3 Å². The van der Waals surface area contributed by atoms with Crippen LogP contribution in [0.15, 0.2) is 24.3 Å². The predicted octanol–water partition coefficient (Wildman–Crippen LogP) is 0.618. The maximum absolute atomic E-state index is 10.8. The van der Waals surface area contributed by atoms with Crippen molar-refractivity contribution in [3.63, 3.8) is 0 Å². The van der Waals surface area contributed by atoms with E-state index in [9.17, 15) is 8.42 Å². The molecular formula is C13H19N3O3S. The van der Waals surface area contributed by atoms with Gasteiger partial charge in [-0.2, -0.15) is 5.26 Å². The predicted molar refractivity (Wildman–Crippen MR) is 76.7 cm³/mol. The first-order valence-electron chi connectivity index (χ1n) is 6.25. The van der Waals surface area contributed by atoms with Crippen LogP contribution in [0.2, 0.25) is 0 Å². The van der Waals surface area contributed by atoms with Gasteiger partial charge in [0.15, 0.2) is 6.61 Å². The Kier molecular flexibility index (Phi) is 7.01. The van der Waals surface area contributed by atoms with Gasteiger partial charge >= 0.3 is 0 Å². The Balaban J connectivity index is 2.23. The second-order valence-electron chi connectivity index (χ2n) is 4.29. The number of nitrogens with one attached hydrogen (secondary N) is 2. The van der Waals surface area contributed by atoms with Crippen LogP contribution >= 0.6 is 0 Å². The van der Waals surface area contributed by atoms with E-state index in [4.69, 9.17) is 10.00 Å². The van der Waals surface area contributed by atoms with Crippen LogP contribution in [-0.4, -0.2) is 34.4 Å². The number of nitrogens with zero attached hydrogens (tertiary/aromatic N) is 1. The van der Waals surface area contributed by atoms with Gasteiger partial charge in [-0.15, -0.1) is 0 Å². The Morgan fingerprint density at radius 3 is 2.85 bits per heavy atom. The summed E-state index contributed by atoms with van der Waals surface area (Å²) >= 11 is 0. The number of sulfonamides is 1. The van der Waals surface area contributed by atoms with Gasteiger partial charge in [0.05, 0.1) is 6.26 Å². The zero-order valence-corrected chi connectivity index (χ0v) is 12.2. The van der Waals surface area contributed by atoms with Gasteiger partial charge in [0.2, 0.25) is 10.0 Å². The van der Waals surface area contributed by atoms with Crippen molar-refractivity contribution in [1.82, 2.24) is 10.0 Å². The zero-order valence-electron chi connectivity index (χ0n) is 11.4. The summed E-state index contributed by atoms with van der Waals surface area (Å²) in [5.74, 6) is 0.671. The molecule has 20 heavy (non-hydrogen) atoms. The van der Waals surface area contributed by atoms with Gasteiger partial charge in [-0.1, -0.05) is 12.1 Å². The summed E-state index contributed by atoms with van der Waals surface area (Å²) < 4.78 is 29.3. The summed E-state index contributed by atoms with van der Waals surface area (Å²) in [6.07, 6.45) is 1.87. The van der Waals surface area contributed by atoms with Crippen molar-refractivity contribution in [1.29, 1.82) is 5.26 Å². The summed E-state index contributed by atoms with van der Waals surface area (Å²) in [5.41, 5.74) is 1.05. The van der Waals surface area contributed by atoms with E-state index >= 15 is 0 Å². The molecular weight excluding hydrogens is 278 g/mol. The van der Waals surface area contributed by atoms with Gasteiger partial charge in [0, 0.05) is 13.1 Å². The highest BCUT2D eigenvalue weighted by Gasteiger charge is 1.99. The third-order valence-electron chi connectivity index (χ3n) is 2.43. The first-order valence-corrected chi connectivity index (χ1v) is 8.14. The molecule has 0 radical (unpaired) electrons. The van der Waals surface area contributed by atoms with E-state index in [-0.39, 0.29) is 6.61 Å². The Morgan fingerprint density at radius 1 is 1.35 bits per heavy atom. The van der Waals surface area contributed by atoms with Crippen LogP contribution in [0, 0.1) is 11.3 Å². The first kappa shape index (κ1) is 16.4. The number of nitriles is 1. The van der Waals surface area contributed by atoms with E-state index in [0.29, 0.717) is 25.4 Å². The highest BCUT2D eigenvalue weighted by Crippen LogP contribution is 2.12. The topological polar surface area (TPSA) is 91.2 Å². The molecule has 110 valence electrons. The van der Waals surface area contributed by atoms with Crippen molar-refractivity contribution in [3.05, 3.63) is 29.8 Å². The number of ether oxygens (including phenoxy) is 1. The molecule has 0 atom stereocenters. The first-order chi connectivity index (χ1) is 9.51. The fourth-order valence-electron chi connectivity index (χ4n) is 1.56. The monoisotopic (exact) mass is 297 g/mol. The lowest BCUT2D eigenvalue weighted by atomic mass is 10.2. The van der Waals surface area contributed by atoms with Gasteiger partial charge in [0.25, 0.3) is 0 Å². The largest absolute Gasteiger partial charge is 0.479 e. The van der Waals surface area contributed by atoms with Gasteiger partial charge in [-0.25, -0.2) is 13.1 Å². The smallest absolute Gasteiger partial charge is 0.208 e. The highest BCUT2D eigenvalue weighted by atomic mass is 32.2. The average Bonchev–Trinajstić information content (AvgIpc) is 2.40. The van der Waals surface area contributed by atoms with E-state index < -0.39 is 10.0 Å². The minimum absolute atomic E-state index is 0.0358. The molecule has 0 aliphatic carbocycles. The SMILES string of the molecule is CS(=O)(=O)NCCCNCc1cccc(OCC#N)c1. The normalized spacial score (nSPS) is 11.0. The summed E-state index contributed by atoms with van der Waals surface area (Å²) in [6, 6.07) is 9.43. The number of hydrogen-bond donors (Lipinski definition) is 2. The van der Waals surface area contributed by atoms with E-state index in [2.05, 4.69) is 10.0 Å². The van der Waals surface area contributed by atoms with Gasteiger partial charge in [0.1, 0.15) is 11.8 Å². The molecule has 0 fully saturated rings. The molecule has 0 aliphatic heterocycles. The van der Waals surface area contributed by atoms with Gasteiger partial charge < -0.3 is 10.1 Å². The van der Waals surface area contributed by atoms with Crippen molar-refractivity contribution in [2.45, 2.75) is 13.0 Å². The van der Waals surface area contributed by atoms with E-state index in [0.717, 1.165) is 18.2 Å². The maximum Gasteiger partial charge on any atom is 0.208 e. The number of rotatable bonds is 9. The molecule has 0 saturated heterocycles. The standard InChI is InChI=1S/C13H19N3O3S/c1-20(17,18)16-8-3-7-15-11-12-4-2-5-13(10-12)19-9-6-14/h2,4-5,10,15-16H,3,7-9,11H2,1H3. The summed E-state index contributed by atoms with van der Waals surface area (Å²) in [6.45, 7) is 1.85. The van der Waals surface area contributed by atoms with Crippen molar-refractivity contribution < 1.29 is 13.2 Å². The molecule has 0 spiro atoms. The molecule has 7 heteroatoms. The number of benzene rings is 1. The van der Waals surface area contributed by atoms with Crippen LogP contribution in [0.25, 0.3) is 0 Å². The Morgan fingerprint density at radius 2 is 2.15 bits per heavy atom. The molecule has 0 aromatic heterocycles. The molecule has 0 aliphatic rings. The minimum Gasteiger partial charge on any atom is -0.479 e. The molecule has 0 heterocycles. The Hall–Kier alpha value is -1.62. The maximum atomic E-state index is 10.8. The highest BCUT2D eigenvalue weighted by molar-refractivity contribution is 7.88. The second kappa shape index (κ2) is 8.53. The van der Waals surface area contributed by atoms with Crippen molar-refractivity contribution in [2.24, 2.45) is 0 Å². The molecule has 1 aromatic rings. The number of hydrogen-bond acceptors (Lipinski definition) is 5. The van der Waals surface area contributed by atoms with Crippen LogP contribution in [0.3, 0.4) is 0 Å². The average molecular weight is 297 g/mol. The Bertz CT molecular complexity index is 552. The molecule has 1 aromatic carbocycles. The molecule has 2 N–H and O–H groups in total. The van der Waals surface area contributed by atoms with Crippen LogP contribution in [0.5, 0.6) is 5.75 Å². The van der Waals surface area contributed by atoms with Crippen molar-refractivity contribution >= 4 is 10.0 Å². The third-order valence-corrected chi connectivity index (χ3v) is 3.15. The summed E-state index contributed by atoms with van der Waals surface area (Å²) in [4.78, 5) is 0. The molecule has 0 saturated carbocycles. The fourth-order valence-corrected chi connectivity index (χ4v) is 2.08. The lowest BCUT2D eigenvalue weighted by Crippen LogP contribution is -2.26. The summed E-state index contributed by atoms with van der Waals surface area (Å²) in [5, 5.41) is 11.7. The summed E-state index contributed by atoms with van der Waals surface area (Å²) in [7, 11) is -3.10. The van der Waals surface area contributed by atoms with Crippen LogP contribution < -0.4 is 14.8 Å². The van der Waals surface area contributed by atoms with Gasteiger partial charge in [-0.3, -0.25) is 0 Å². The quantitative estimate of drug-likeness (QED) is 0.652. The lowest BCUT2D eigenvalue weighted by Gasteiger charge is -2.07. The Labute approximate surface area is 119 Å². The van der Waals surface area contributed by atoms with Crippen LogP contribution in [-0.2, 0) is 16.6 Å². The van der Waals surface area contributed by atoms with Crippen LogP contribution in [0.4, 0.5) is 0 Å². The minimum atomic E-state index is -3.10. The van der Waals surface area contributed by atoms with Crippen LogP contribution in [0.1, 0.15) is 12.0 Å².